The van der Waals surface area contributed by atoms with Gasteiger partial charge in [-0.2, -0.15) is 0 Å². The van der Waals surface area contributed by atoms with Gasteiger partial charge in [0.25, 0.3) is 5.91 Å². The number of hydrogen-bond donors (Lipinski definition) is 1. The van der Waals surface area contributed by atoms with Crippen molar-refractivity contribution in [3.05, 3.63) is 58.4 Å². The van der Waals surface area contributed by atoms with Crippen LogP contribution in [-0.2, 0) is 6.54 Å². The first kappa shape index (κ1) is 17.2. The maximum atomic E-state index is 13.4. The molecule has 0 aliphatic rings. The first-order chi connectivity index (χ1) is 10.8. The van der Waals surface area contributed by atoms with E-state index in [9.17, 15) is 13.6 Å². The van der Waals surface area contributed by atoms with Gasteiger partial charge in [-0.15, -0.1) is 0 Å². The Hall–Kier alpha value is -2.17. The van der Waals surface area contributed by atoms with Crippen LogP contribution in [0.4, 0.5) is 8.78 Å². The molecule has 1 atom stereocenters. The minimum absolute atomic E-state index is 0.0776. The largest absolute Gasteiger partial charge is 0.348 e. The van der Waals surface area contributed by atoms with Crippen LogP contribution in [-0.4, -0.2) is 16.5 Å². The molecule has 0 aliphatic heterocycles. The monoisotopic (exact) mass is 320 g/mol. The summed E-state index contributed by atoms with van der Waals surface area (Å²) in [4.78, 5) is 12.5. The summed E-state index contributed by atoms with van der Waals surface area (Å²) in [5.74, 6) is -1.90. The molecule has 0 saturated heterocycles. The Morgan fingerprint density at radius 3 is 2.52 bits per heavy atom. The van der Waals surface area contributed by atoms with Crippen molar-refractivity contribution < 1.29 is 13.6 Å². The number of hydrogen-bond acceptors (Lipinski definition) is 1. The van der Waals surface area contributed by atoms with Crippen LogP contribution in [0.5, 0.6) is 0 Å². The third kappa shape index (κ3) is 3.78. The molecule has 23 heavy (non-hydrogen) atoms. The van der Waals surface area contributed by atoms with E-state index >= 15 is 0 Å². The lowest BCUT2D eigenvalue weighted by molar-refractivity contribution is 0.0929. The van der Waals surface area contributed by atoms with Crippen molar-refractivity contribution in [1.82, 2.24) is 9.88 Å². The number of carbonyl (C=O) groups excluding carboxylic acids is 1. The van der Waals surface area contributed by atoms with Crippen LogP contribution in [0.15, 0.2) is 24.3 Å². The zero-order valence-electron chi connectivity index (χ0n) is 13.9. The van der Waals surface area contributed by atoms with Crippen LogP contribution in [0.3, 0.4) is 0 Å². The highest BCUT2D eigenvalue weighted by Crippen LogP contribution is 2.18. The summed E-state index contributed by atoms with van der Waals surface area (Å²) >= 11 is 0. The second-order valence-electron chi connectivity index (χ2n) is 5.93. The van der Waals surface area contributed by atoms with E-state index < -0.39 is 11.6 Å². The average Bonchev–Trinajstić information content (AvgIpc) is 2.77. The minimum Gasteiger partial charge on any atom is -0.348 e. The van der Waals surface area contributed by atoms with E-state index in [2.05, 4.69) is 5.32 Å². The van der Waals surface area contributed by atoms with Crippen LogP contribution in [0.25, 0.3) is 0 Å². The van der Waals surface area contributed by atoms with E-state index in [0.29, 0.717) is 17.8 Å². The molecule has 0 aliphatic carbocycles. The van der Waals surface area contributed by atoms with Crippen molar-refractivity contribution >= 4 is 5.91 Å². The van der Waals surface area contributed by atoms with E-state index in [1.807, 2.05) is 38.3 Å². The number of amides is 1. The van der Waals surface area contributed by atoms with Gasteiger partial charge in [-0.1, -0.05) is 13.0 Å². The lowest BCUT2D eigenvalue weighted by Crippen LogP contribution is -2.34. The Kier molecular flexibility index (Phi) is 5.19. The van der Waals surface area contributed by atoms with Gasteiger partial charge < -0.3 is 9.88 Å². The van der Waals surface area contributed by atoms with Crippen LogP contribution in [0, 0.1) is 25.5 Å². The third-order valence-electron chi connectivity index (χ3n) is 4.02. The molecule has 0 fully saturated rings. The number of nitrogens with zero attached hydrogens (tertiary/aromatic N) is 1. The Bertz CT molecular complexity index is 722. The number of carbonyl (C=O) groups is 1. The highest BCUT2D eigenvalue weighted by Gasteiger charge is 2.19. The average molecular weight is 320 g/mol. The second-order valence-corrected chi connectivity index (χ2v) is 5.93. The molecule has 1 amide bonds. The highest BCUT2D eigenvalue weighted by atomic mass is 19.2. The first-order valence-electron chi connectivity index (χ1n) is 7.75. The van der Waals surface area contributed by atoms with Crippen molar-refractivity contribution in [2.45, 2.75) is 46.7 Å². The summed E-state index contributed by atoms with van der Waals surface area (Å²) in [5, 5.41) is 2.95. The van der Waals surface area contributed by atoms with E-state index in [-0.39, 0.29) is 11.9 Å². The summed E-state index contributed by atoms with van der Waals surface area (Å²) in [6.45, 7) is 8.04. The van der Waals surface area contributed by atoms with Gasteiger partial charge in [0, 0.05) is 18.3 Å². The van der Waals surface area contributed by atoms with Gasteiger partial charge >= 0.3 is 0 Å². The van der Waals surface area contributed by atoms with Crippen LogP contribution < -0.4 is 5.32 Å². The Labute approximate surface area is 135 Å². The molecule has 0 saturated carbocycles. The van der Waals surface area contributed by atoms with E-state index in [4.69, 9.17) is 0 Å². The molecule has 1 N–H and O–H groups in total. The van der Waals surface area contributed by atoms with Crippen molar-refractivity contribution in [3.8, 4) is 0 Å². The second kappa shape index (κ2) is 6.94. The predicted molar refractivity (Wildman–Crippen MR) is 86.6 cm³/mol. The van der Waals surface area contributed by atoms with E-state index in [0.717, 1.165) is 23.7 Å². The molecule has 0 bridgehead atoms. The topological polar surface area (TPSA) is 34.0 Å². The highest BCUT2D eigenvalue weighted by molar-refractivity contribution is 5.94. The van der Waals surface area contributed by atoms with Gasteiger partial charge in [0.1, 0.15) is 5.69 Å². The quantitative estimate of drug-likeness (QED) is 0.889. The number of halogens is 2. The zero-order chi connectivity index (χ0) is 17.1. The minimum atomic E-state index is -0.880. The smallest absolute Gasteiger partial charge is 0.268 e. The first-order valence-corrected chi connectivity index (χ1v) is 7.75. The molecule has 1 aromatic heterocycles. The van der Waals surface area contributed by atoms with Crippen molar-refractivity contribution in [2.24, 2.45) is 0 Å². The molecule has 0 unspecified atom stereocenters. The summed E-state index contributed by atoms with van der Waals surface area (Å²) in [6.07, 6.45) is 0.841. The molecule has 124 valence electrons. The molecule has 3 nitrogen and oxygen atoms in total. The normalized spacial score (nSPS) is 12.3. The summed E-state index contributed by atoms with van der Waals surface area (Å²) in [5.41, 5.74) is 2.94. The van der Waals surface area contributed by atoms with Gasteiger partial charge in [0.05, 0.1) is 0 Å². The van der Waals surface area contributed by atoms with Crippen LogP contribution in [0.1, 0.15) is 47.6 Å². The Morgan fingerprint density at radius 1 is 1.22 bits per heavy atom. The maximum absolute atomic E-state index is 13.4. The Balaban J connectivity index is 2.34. The van der Waals surface area contributed by atoms with Crippen LogP contribution >= 0.6 is 0 Å². The summed E-state index contributed by atoms with van der Waals surface area (Å²) < 4.78 is 28.3. The fourth-order valence-corrected chi connectivity index (χ4v) is 2.57. The number of aromatic nitrogens is 1. The van der Waals surface area contributed by atoms with Crippen molar-refractivity contribution in [3.63, 3.8) is 0 Å². The van der Waals surface area contributed by atoms with Gasteiger partial charge in [0.15, 0.2) is 11.6 Å². The molecule has 5 heteroatoms. The van der Waals surface area contributed by atoms with Gasteiger partial charge in [-0.25, -0.2) is 8.78 Å². The fourth-order valence-electron chi connectivity index (χ4n) is 2.57. The third-order valence-corrected chi connectivity index (χ3v) is 4.02. The molecule has 0 radical (unpaired) electrons. The molecule has 2 aromatic rings. The zero-order valence-corrected chi connectivity index (χ0v) is 13.9. The van der Waals surface area contributed by atoms with Crippen LogP contribution in [0.2, 0.25) is 0 Å². The van der Waals surface area contributed by atoms with Gasteiger partial charge in [-0.05, 0) is 56.5 Å². The number of aryl methyl sites for hydroxylation is 2. The summed E-state index contributed by atoms with van der Waals surface area (Å²) in [7, 11) is 0. The van der Waals surface area contributed by atoms with Crippen molar-refractivity contribution in [2.75, 3.05) is 0 Å². The molecule has 2 rings (SSSR count). The molecule has 0 spiro atoms. The van der Waals surface area contributed by atoms with Gasteiger partial charge in [0.2, 0.25) is 0 Å². The van der Waals surface area contributed by atoms with Crippen molar-refractivity contribution in [1.29, 1.82) is 0 Å². The number of benzene rings is 1. The molecule has 1 aromatic carbocycles. The van der Waals surface area contributed by atoms with E-state index in [1.165, 1.54) is 12.1 Å². The van der Waals surface area contributed by atoms with Gasteiger partial charge in [-0.3, -0.25) is 4.79 Å². The Morgan fingerprint density at radius 2 is 1.91 bits per heavy atom. The molecule has 1 heterocycles. The molecular formula is C18H22F2N2O. The molecular weight excluding hydrogens is 298 g/mol. The lowest BCUT2D eigenvalue weighted by Gasteiger charge is -2.16. The fraction of sp³-hybridized carbons (Fsp3) is 0.389. The lowest BCUT2D eigenvalue weighted by atomic mass is 10.2. The van der Waals surface area contributed by atoms with E-state index in [1.54, 1.807) is 0 Å². The summed E-state index contributed by atoms with van der Waals surface area (Å²) in [6, 6.07) is 5.80. The number of nitrogens with one attached hydrogen (secondary N) is 1. The predicted octanol–water partition coefficient (Wildman–Crippen LogP) is 3.96. The SMILES string of the molecule is CC[C@H](C)NC(=O)c1c(C)cc(C)n1Cc1ccc(F)c(F)c1. The maximum Gasteiger partial charge on any atom is 0.268 e. The standard InChI is InChI=1S/C18H22F2N2O/c1-5-12(3)21-18(23)17-11(2)8-13(4)22(17)10-14-6-7-15(19)16(20)9-14/h6-9,12H,5,10H2,1-4H3,(H,21,23)/t12-/m0/s1. The number of rotatable bonds is 5.